The van der Waals surface area contributed by atoms with Crippen LogP contribution in [0.1, 0.15) is 19.4 Å². The van der Waals surface area contributed by atoms with Gasteiger partial charge in [-0.05, 0) is 87.6 Å². The van der Waals surface area contributed by atoms with Crippen LogP contribution in [0.15, 0.2) is 140 Å². The number of hydrogen-bond acceptors (Lipinski definition) is 3. The standard InChI is InChI=1S/C39H29BN2O/c1-39(2)31-25-27(21-24-34(31)42-33-14-6-4-12-30(33)29-11-3-5-13-32(29)40(39)42)26-19-22-28(23-20-26)41-35-15-7-9-17-37(35)43-38-18-10-8-16-36(38)41/h3-25H,1-2H3. The van der Waals surface area contributed by atoms with Gasteiger partial charge in [0.05, 0.1) is 11.4 Å². The molecule has 0 amide bonds. The number of fused-ring (bicyclic) bond motifs is 10. The van der Waals surface area contributed by atoms with Crippen molar-refractivity contribution < 1.29 is 4.74 Å². The van der Waals surface area contributed by atoms with Gasteiger partial charge < -0.3 is 14.4 Å². The van der Waals surface area contributed by atoms with Gasteiger partial charge in [0.2, 0.25) is 0 Å². The highest BCUT2D eigenvalue weighted by Crippen LogP contribution is 2.53. The zero-order valence-corrected chi connectivity index (χ0v) is 24.2. The Morgan fingerprint density at radius 1 is 0.535 bits per heavy atom. The zero-order valence-electron chi connectivity index (χ0n) is 24.2. The minimum atomic E-state index is -0.0733. The topological polar surface area (TPSA) is 15.7 Å². The van der Waals surface area contributed by atoms with Gasteiger partial charge in [-0.2, -0.15) is 0 Å². The average Bonchev–Trinajstić information content (AvgIpc) is 3.30. The van der Waals surface area contributed by atoms with Gasteiger partial charge in [0.1, 0.15) is 0 Å². The van der Waals surface area contributed by atoms with E-state index in [1.807, 2.05) is 24.3 Å². The number of hydrogen-bond donors (Lipinski definition) is 0. The molecule has 3 aliphatic rings. The second-order valence-corrected chi connectivity index (χ2v) is 12.3. The number of ether oxygens (including phenoxy) is 1. The number of benzene rings is 6. The van der Waals surface area contributed by atoms with Gasteiger partial charge in [-0.1, -0.05) is 98.8 Å². The Morgan fingerprint density at radius 2 is 1.12 bits per heavy atom. The fraction of sp³-hybridized carbons (Fsp3) is 0.0769. The highest BCUT2D eigenvalue weighted by atomic mass is 16.5. The van der Waals surface area contributed by atoms with Crippen molar-refractivity contribution >= 4 is 40.7 Å². The van der Waals surface area contributed by atoms with Gasteiger partial charge in [0.15, 0.2) is 11.5 Å². The van der Waals surface area contributed by atoms with E-state index >= 15 is 0 Å². The van der Waals surface area contributed by atoms with E-state index in [0.29, 0.717) is 0 Å². The first-order chi connectivity index (χ1) is 21.1. The number of para-hydroxylation sites is 5. The molecule has 0 unspecified atom stereocenters. The van der Waals surface area contributed by atoms with Crippen LogP contribution in [0.5, 0.6) is 11.5 Å². The third-order valence-electron chi connectivity index (χ3n) is 9.49. The van der Waals surface area contributed by atoms with Crippen LogP contribution < -0.4 is 19.9 Å². The van der Waals surface area contributed by atoms with Crippen LogP contribution >= 0.6 is 0 Å². The molecule has 0 N–H and O–H groups in total. The van der Waals surface area contributed by atoms with Crippen LogP contribution in [0.3, 0.4) is 0 Å². The molecule has 4 heteroatoms. The maximum absolute atomic E-state index is 6.22. The first-order valence-electron chi connectivity index (χ1n) is 15.0. The van der Waals surface area contributed by atoms with Crippen LogP contribution in [0.25, 0.3) is 22.3 Å². The van der Waals surface area contributed by atoms with E-state index in [1.54, 1.807) is 0 Å². The van der Waals surface area contributed by atoms with Crippen molar-refractivity contribution in [2.24, 2.45) is 0 Å². The summed E-state index contributed by atoms with van der Waals surface area (Å²) in [5, 5.41) is -0.0733. The number of rotatable bonds is 2. The summed E-state index contributed by atoms with van der Waals surface area (Å²) < 4.78 is 6.22. The molecule has 0 radical (unpaired) electrons. The smallest absolute Gasteiger partial charge is 0.304 e. The fourth-order valence-corrected chi connectivity index (χ4v) is 7.53. The molecular formula is C39H29BN2O. The summed E-state index contributed by atoms with van der Waals surface area (Å²) in [5.41, 5.74) is 13.7. The Balaban J connectivity index is 1.13. The molecule has 3 aliphatic heterocycles. The summed E-state index contributed by atoms with van der Waals surface area (Å²) in [5.74, 6) is 1.73. The Bertz CT molecular complexity index is 2020. The SMILES string of the molecule is CC1(C)B2c3ccccc3-c3ccccc3N2c2ccc(-c3ccc(N4c5ccccc5Oc5ccccc54)cc3)cc21. The highest BCUT2D eigenvalue weighted by Gasteiger charge is 2.52. The quantitative estimate of drug-likeness (QED) is 0.199. The van der Waals surface area contributed by atoms with Crippen molar-refractivity contribution in [3.8, 4) is 33.8 Å². The van der Waals surface area contributed by atoms with Gasteiger partial charge in [-0.3, -0.25) is 0 Å². The molecule has 43 heavy (non-hydrogen) atoms. The third-order valence-corrected chi connectivity index (χ3v) is 9.49. The molecule has 0 saturated heterocycles. The minimum absolute atomic E-state index is 0.0733. The Kier molecular flexibility index (Phi) is 5.04. The Morgan fingerprint density at radius 3 is 1.84 bits per heavy atom. The molecule has 0 bridgehead atoms. The van der Waals surface area contributed by atoms with Crippen molar-refractivity contribution in [1.82, 2.24) is 0 Å². The molecule has 6 aromatic rings. The van der Waals surface area contributed by atoms with Crippen LogP contribution in [0, 0.1) is 0 Å². The van der Waals surface area contributed by atoms with Crippen molar-refractivity contribution in [1.29, 1.82) is 0 Å². The molecule has 6 aromatic carbocycles. The molecule has 3 nitrogen and oxygen atoms in total. The van der Waals surface area contributed by atoms with E-state index in [0.717, 1.165) is 28.6 Å². The number of anilines is 5. The maximum atomic E-state index is 6.22. The Hall–Kier alpha value is -5.22. The molecule has 3 heterocycles. The third kappa shape index (κ3) is 3.44. The van der Waals surface area contributed by atoms with E-state index in [2.05, 4.69) is 139 Å². The summed E-state index contributed by atoms with van der Waals surface area (Å²) in [6.45, 7) is 5.05. The van der Waals surface area contributed by atoms with E-state index in [-0.39, 0.29) is 12.2 Å². The lowest BCUT2D eigenvalue weighted by molar-refractivity contribution is 0.477. The van der Waals surface area contributed by atoms with Crippen molar-refractivity contribution in [3.05, 3.63) is 145 Å². The van der Waals surface area contributed by atoms with E-state index in [9.17, 15) is 0 Å². The van der Waals surface area contributed by atoms with E-state index in [4.69, 9.17) is 4.74 Å². The molecule has 0 fully saturated rings. The summed E-state index contributed by atoms with van der Waals surface area (Å²) in [4.78, 5) is 4.86. The van der Waals surface area contributed by atoms with Crippen LogP contribution in [-0.4, -0.2) is 6.85 Å². The predicted molar refractivity (Wildman–Crippen MR) is 179 cm³/mol. The van der Waals surface area contributed by atoms with Crippen LogP contribution in [-0.2, 0) is 5.31 Å². The van der Waals surface area contributed by atoms with Crippen LogP contribution in [0.2, 0.25) is 0 Å². The molecule has 0 aliphatic carbocycles. The average molecular weight is 552 g/mol. The lowest BCUT2D eigenvalue weighted by atomic mass is 9.37. The van der Waals surface area contributed by atoms with Crippen molar-refractivity contribution in [2.75, 3.05) is 9.71 Å². The van der Waals surface area contributed by atoms with E-state index in [1.165, 1.54) is 44.7 Å². The maximum Gasteiger partial charge on any atom is 0.304 e. The lowest BCUT2D eigenvalue weighted by Crippen LogP contribution is -2.55. The summed E-state index contributed by atoms with van der Waals surface area (Å²) in [6, 6.07) is 50.2. The van der Waals surface area contributed by atoms with Crippen LogP contribution in [0.4, 0.5) is 28.4 Å². The van der Waals surface area contributed by atoms with Gasteiger partial charge in [0.25, 0.3) is 0 Å². The fourth-order valence-electron chi connectivity index (χ4n) is 7.53. The summed E-state index contributed by atoms with van der Waals surface area (Å²) >= 11 is 0. The van der Waals surface area contributed by atoms with E-state index < -0.39 is 0 Å². The summed E-state index contributed by atoms with van der Waals surface area (Å²) in [6.07, 6.45) is 0. The predicted octanol–water partition coefficient (Wildman–Crippen LogP) is 9.78. The first kappa shape index (κ1) is 24.4. The lowest BCUT2D eigenvalue weighted by Gasteiger charge is -2.38. The first-order valence-corrected chi connectivity index (χ1v) is 15.0. The normalized spacial score (nSPS) is 15.0. The second-order valence-electron chi connectivity index (χ2n) is 12.3. The number of nitrogens with zero attached hydrogens (tertiary/aromatic N) is 2. The van der Waals surface area contributed by atoms with Crippen molar-refractivity contribution in [2.45, 2.75) is 19.2 Å². The van der Waals surface area contributed by atoms with Crippen molar-refractivity contribution in [3.63, 3.8) is 0 Å². The van der Waals surface area contributed by atoms with Gasteiger partial charge in [0, 0.05) is 22.6 Å². The molecule has 9 rings (SSSR count). The highest BCUT2D eigenvalue weighted by molar-refractivity contribution is 6.84. The molecule has 204 valence electrons. The summed E-state index contributed by atoms with van der Waals surface area (Å²) in [7, 11) is 0. The minimum Gasteiger partial charge on any atom is -0.453 e. The second kappa shape index (κ2) is 8.89. The zero-order chi connectivity index (χ0) is 28.7. The Labute approximate surface area is 252 Å². The largest absolute Gasteiger partial charge is 0.453 e. The molecule has 0 saturated carbocycles. The molecule has 0 atom stereocenters. The molecule has 0 spiro atoms. The molecule has 0 aromatic heterocycles. The molecular weight excluding hydrogens is 523 g/mol. The monoisotopic (exact) mass is 552 g/mol. The van der Waals surface area contributed by atoms with Gasteiger partial charge >= 0.3 is 6.85 Å². The van der Waals surface area contributed by atoms with Gasteiger partial charge in [-0.15, -0.1) is 0 Å². The van der Waals surface area contributed by atoms with Gasteiger partial charge in [-0.25, -0.2) is 0 Å².